The summed E-state index contributed by atoms with van der Waals surface area (Å²) in [6, 6.07) is 14.8. The zero-order chi connectivity index (χ0) is 31.2. The van der Waals surface area contributed by atoms with E-state index in [4.69, 9.17) is 4.74 Å². The number of amides is 4. The van der Waals surface area contributed by atoms with Crippen molar-refractivity contribution in [2.45, 2.75) is 91.1 Å². The number of hydrogen-bond acceptors (Lipinski definition) is 6. The van der Waals surface area contributed by atoms with Crippen molar-refractivity contribution in [1.29, 1.82) is 0 Å². The summed E-state index contributed by atoms with van der Waals surface area (Å²) in [5, 5.41) is 10.7. The molecule has 4 atom stereocenters. The maximum atomic E-state index is 13.6. The fourth-order valence-corrected chi connectivity index (χ4v) is 4.31. The molecule has 2 aromatic carbocycles. The summed E-state index contributed by atoms with van der Waals surface area (Å²) in [6.07, 6.45) is -0.221. The Hall–Kier alpha value is -4.21. The molecular weight excluding hydrogens is 536 g/mol. The molecule has 42 heavy (non-hydrogen) atoms. The Morgan fingerprint density at radius 2 is 1.29 bits per heavy atom. The molecular formula is C32H44N4O6. The molecule has 4 amide bonds. The molecule has 2 aromatic rings. The van der Waals surface area contributed by atoms with Crippen LogP contribution in [0.2, 0.25) is 0 Å². The maximum Gasteiger partial charge on any atom is 0.408 e. The second-order valence-corrected chi connectivity index (χ2v) is 10.9. The summed E-state index contributed by atoms with van der Waals surface area (Å²) in [5.74, 6) is -3.07. The standard InChI is InChI=1S/C32H44N4O6/c1-7-14-25(28(37)31(40)33-22(6)24-17-12-9-13-18-24)34-29(38)26(19-23-15-10-8-11-16-23)35-30(39)27(20(2)3)36-32(41)42-21(4)5/h8-13,15-18,20-22,25-27H,7,14,19H2,1-6H3,(H,33,40)(H,34,38)(H,35,39)(H,36,41)/t22-,25+,26+,27+/m1/s1. The highest BCUT2D eigenvalue weighted by molar-refractivity contribution is 6.38. The van der Waals surface area contributed by atoms with E-state index in [1.165, 1.54) is 0 Å². The van der Waals surface area contributed by atoms with Crippen LogP contribution >= 0.6 is 0 Å². The number of rotatable bonds is 15. The van der Waals surface area contributed by atoms with Crippen molar-refractivity contribution >= 4 is 29.6 Å². The van der Waals surface area contributed by atoms with Gasteiger partial charge in [-0.25, -0.2) is 4.79 Å². The van der Waals surface area contributed by atoms with Crippen molar-refractivity contribution < 1.29 is 28.7 Å². The van der Waals surface area contributed by atoms with Crippen LogP contribution in [0.4, 0.5) is 4.79 Å². The predicted octanol–water partition coefficient (Wildman–Crippen LogP) is 3.60. The molecule has 0 aromatic heterocycles. The van der Waals surface area contributed by atoms with Gasteiger partial charge in [-0.15, -0.1) is 0 Å². The van der Waals surface area contributed by atoms with E-state index in [1.54, 1.807) is 34.6 Å². The fraction of sp³-hybridized carbons (Fsp3) is 0.469. The number of hydrogen-bond donors (Lipinski definition) is 4. The summed E-state index contributed by atoms with van der Waals surface area (Å²) in [6.45, 7) is 10.5. The van der Waals surface area contributed by atoms with Crippen LogP contribution in [0.25, 0.3) is 0 Å². The van der Waals surface area contributed by atoms with E-state index in [2.05, 4.69) is 21.3 Å². The molecule has 0 fully saturated rings. The number of Topliss-reactive ketones (excluding diaryl/α,β-unsaturated/α-hetero) is 1. The molecule has 0 aliphatic heterocycles. The van der Waals surface area contributed by atoms with Crippen molar-refractivity contribution in [1.82, 2.24) is 21.3 Å². The summed E-state index contributed by atoms with van der Waals surface area (Å²) in [4.78, 5) is 65.2. The number of nitrogens with one attached hydrogen (secondary N) is 4. The second kappa shape index (κ2) is 16.9. The largest absolute Gasteiger partial charge is 0.447 e. The van der Waals surface area contributed by atoms with Gasteiger partial charge in [-0.1, -0.05) is 87.9 Å². The minimum absolute atomic E-state index is 0.129. The van der Waals surface area contributed by atoms with Gasteiger partial charge in [0.05, 0.1) is 18.2 Å². The Balaban J connectivity index is 2.22. The molecule has 4 N–H and O–H groups in total. The highest BCUT2D eigenvalue weighted by atomic mass is 16.6. The number of carbonyl (C=O) groups excluding carboxylic acids is 5. The van der Waals surface area contributed by atoms with E-state index < -0.39 is 53.8 Å². The van der Waals surface area contributed by atoms with Crippen molar-refractivity contribution in [2.24, 2.45) is 5.92 Å². The highest BCUT2D eigenvalue weighted by Gasteiger charge is 2.33. The van der Waals surface area contributed by atoms with Gasteiger partial charge in [0.2, 0.25) is 17.6 Å². The van der Waals surface area contributed by atoms with E-state index in [-0.39, 0.29) is 24.9 Å². The zero-order valence-corrected chi connectivity index (χ0v) is 25.3. The SMILES string of the molecule is CCC[C@H](NC(=O)[C@H](Cc1ccccc1)NC(=O)[C@@H](NC(=O)OC(C)C)C(C)C)C(=O)C(=O)N[C@H](C)c1ccccc1. The molecule has 0 heterocycles. The third-order valence-electron chi connectivity index (χ3n) is 6.56. The maximum absolute atomic E-state index is 13.6. The van der Waals surface area contributed by atoms with Crippen LogP contribution < -0.4 is 21.3 Å². The molecule has 10 nitrogen and oxygen atoms in total. The van der Waals surface area contributed by atoms with Crippen LogP contribution in [0.15, 0.2) is 60.7 Å². The van der Waals surface area contributed by atoms with Crippen molar-refractivity contribution in [3.05, 3.63) is 71.8 Å². The van der Waals surface area contributed by atoms with E-state index >= 15 is 0 Å². The third kappa shape index (κ3) is 11.0. The molecule has 0 unspecified atom stereocenters. The van der Waals surface area contributed by atoms with Gasteiger partial charge >= 0.3 is 6.09 Å². The molecule has 0 saturated carbocycles. The van der Waals surface area contributed by atoms with E-state index in [1.807, 2.05) is 67.6 Å². The van der Waals surface area contributed by atoms with Gasteiger partial charge in [0.1, 0.15) is 12.1 Å². The number of ketones is 1. The van der Waals surface area contributed by atoms with Gasteiger partial charge in [-0.2, -0.15) is 0 Å². The summed E-state index contributed by atoms with van der Waals surface area (Å²) in [5.41, 5.74) is 1.62. The quantitative estimate of drug-likeness (QED) is 0.237. The average Bonchev–Trinajstić information content (AvgIpc) is 2.95. The Bertz CT molecular complexity index is 1190. The lowest BCUT2D eigenvalue weighted by Gasteiger charge is -2.27. The van der Waals surface area contributed by atoms with Gasteiger partial charge in [0, 0.05) is 6.42 Å². The molecule has 2 rings (SSSR count). The summed E-state index contributed by atoms with van der Waals surface area (Å²) >= 11 is 0. The lowest BCUT2D eigenvalue weighted by molar-refractivity contribution is -0.141. The van der Waals surface area contributed by atoms with Gasteiger partial charge < -0.3 is 26.0 Å². The molecule has 0 aliphatic rings. The van der Waals surface area contributed by atoms with Crippen molar-refractivity contribution in [3.8, 4) is 0 Å². The minimum atomic E-state index is -1.08. The Labute approximate surface area is 248 Å². The van der Waals surface area contributed by atoms with Gasteiger partial charge in [0.15, 0.2) is 0 Å². The van der Waals surface area contributed by atoms with Gasteiger partial charge in [-0.05, 0) is 44.2 Å². The van der Waals surface area contributed by atoms with Crippen LogP contribution in [0.3, 0.4) is 0 Å². The first-order chi connectivity index (χ1) is 19.9. The first kappa shape index (κ1) is 34.0. The second-order valence-electron chi connectivity index (χ2n) is 10.9. The number of benzene rings is 2. The Kier molecular flexibility index (Phi) is 13.7. The first-order valence-electron chi connectivity index (χ1n) is 14.4. The van der Waals surface area contributed by atoms with E-state index in [0.29, 0.717) is 6.42 Å². The molecule has 0 radical (unpaired) electrons. The molecule has 10 heteroatoms. The molecule has 0 spiro atoms. The summed E-state index contributed by atoms with van der Waals surface area (Å²) < 4.78 is 5.13. The zero-order valence-electron chi connectivity index (χ0n) is 25.3. The van der Waals surface area contributed by atoms with Crippen LogP contribution in [0, 0.1) is 5.92 Å². The van der Waals surface area contributed by atoms with Crippen molar-refractivity contribution in [2.75, 3.05) is 0 Å². The van der Waals surface area contributed by atoms with Crippen LogP contribution in [0.1, 0.15) is 71.6 Å². The Morgan fingerprint density at radius 1 is 0.714 bits per heavy atom. The minimum Gasteiger partial charge on any atom is -0.447 e. The molecule has 0 bridgehead atoms. The number of ether oxygens (including phenoxy) is 1. The van der Waals surface area contributed by atoms with Gasteiger partial charge in [-0.3, -0.25) is 19.2 Å². The summed E-state index contributed by atoms with van der Waals surface area (Å²) in [7, 11) is 0. The number of alkyl carbamates (subject to hydrolysis) is 1. The average molecular weight is 581 g/mol. The van der Waals surface area contributed by atoms with Crippen molar-refractivity contribution in [3.63, 3.8) is 0 Å². The highest BCUT2D eigenvalue weighted by Crippen LogP contribution is 2.12. The predicted molar refractivity (Wildman–Crippen MR) is 160 cm³/mol. The lowest BCUT2D eigenvalue weighted by Crippen LogP contribution is -2.58. The van der Waals surface area contributed by atoms with Gasteiger partial charge in [0.25, 0.3) is 5.91 Å². The van der Waals surface area contributed by atoms with Crippen LogP contribution in [-0.2, 0) is 30.3 Å². The van der Waals surface area contributed by atoms with Crippen LogP contribution in [-0.4, -0.2) is 53.8 Å². The molecule has 0 aliphatic carbocycles. The van der Waals surface area contributed by atoms with E-state index in [9.17, 15) is 24.0 Å². The fourth-order valence-electron chi connectivity index (χ4n) is 4.31. The topological polar surface area (TPSA) is 143 Å². The van der Waals surface area contributed by atoms with Crippen LogP contribution in [0.5, 0.6) is 0 Å². The first-order valence-corrected chi connectivity index (χ1v) is 14.4. The normalized spacial score (nSPS) is 13.8. The number of carbonyl (C=O) groups is 5. The Morgan fingerprint density at radius 3 is 1.83 bits per heavy atom. The monoisotopic (exact) mass is 580 g/mol. The third-order valence-corrected chi connectivity index (χ3v) is 6.56. The molecule has 0 saturated heterocycles. The lowest BCUT2D eigenvalue weighted by atomic mass is 10.00. The van der Waals surface area contributed by atoms with E-state index in [0.717, 1.165) is 11.1 Å². The molecule has 228 valence electrons. The smallest absolute Gasteiger partial charge is 0.408 e.